The number of nitrogens with zero attached hydrogens (tertiary/aromatic N) is 2. The number of thioether (sulfide) groups is 1. The predicted octanol–water partition coefficient (Wildman–Crippen LogP) is 1.85. The van der Waals surface area contributed by atoms with Crippen LogP contribution in [0.5, 0.6) is 0 Å². The van der Waals surface area contributed by atoms with Crippen molar-refractivity contribution >= 4 is 23.6 Å². The molecule has 2 rings (SSSR count). The maximum Gasteiger partial charge on any atom is 0.327 e. The van der Waals surface area contributed by atoms with Gasteiger partial charge in [0.15, 0.2) is 0 Å². The van der Waals surface area contributed by atoms with Crippen molar-refractivity contribution in [2.75, 3.05) is 5.75 Å². The average molecular weight is 280 g/mol. The molecule has 1 saturated heterocycles. The highest BCUT2D eigenvalue weighted by Gasteiger charge is 2.41. The van der Waals surface area contributed by atoms with E-state index in [9.17, 15) is 14.7 Å². The molecule has 1 aliphatic rings. The molecule has 2 atom stereocenters. The fraction of sp³-hybridized carbons (Fsp3) is 0.462. The Balaban J connectivity index is 2.26. The number of aromatic nitrogens is 1. The topological polar surface area (TPSA) is 70.5 Å². The van der Waals surface area contributed by atoms with Gasteiger partial charge in [0.2, 0.25) is 0 Å². The number of pyridine rings is 1. The number of aliphatic carboxylic acids is 1. The van der Waals surface area contributed by atoms with Crippen LogP contribution in [-0.4, -0.2) is 44.0 Å². The summed E-state index contributed by atoms with van der Waals surface area (Å²) in [4.78, 5) is 29.1. The maximum atomic E-state index is 12.5. The van der Waals surface area contributed by atoms with Crippen LogP contribution in [0.1, 0.15) is 30.1 Å². The monoisotopic (exact) mass is 280 g/mol. The van der Waals surface area contributed by atoms with E-state index in [2.05, 4.69) is 4.98 Å². The van der Waals surface area contributed by atoms with E-state index < -0.39 is 12.0 Å². The second kappa shape index (κ2) is 6.06. The predicted molar refractivity (Wildman–Crippen MR) is 73.0 cm³/mol. The van der Waals surface area contributed by atoms with Crippen molar-refractivity contribution in [3.8, 4) is 0 Å². The Morgan fingerprint density at radius 2 is 2.16 bits per heavy atom. The van der Waals surface area contributed by atoms with Crippen LogP contribution in [0.15, 0.2) is 24.5 Å². The second-order valence-electron chi connectivity index (χ2n) is 4.38. The van der Waals surface area contributed by atoms with Gasteiger partial charge in [0.05, 0.1) is 5.37 Å². The summed E-state index contributed by atoms with van der Waals surface area (Å²) in [6.07, 6.45) is 4.82. The zero-order valence-electron chi connectivity index (χ0n) is 10.7. The lowest BCUT2D eigenvalue weighted by Crippen LogP contribution is -2.45. The van der Waals surface area contributed by atoms with Gasteiger partial charge >= 0.3 is 5.97 Å². The van der Waals surface area contributed by atoms with Crippen LogP contribution >= 0.6 is 11.8 Å². The van der Waals surface area contributed by atoms with Crippen LogP contribution < -0.4 is 0 Å². The van der Waals surface area contributed by atoms with Crippen LogP contribution in [0.3, 0.4) is 0 Å². The standard InChI is InChI=1S/C13H16N2O3S/c1-2-3-11-15(10(8-19-11)13(17)18)12(16)9-4-6-14-7-5-9/h4-7,10-11H,2-3,8H2,1H3,(H,17,18). The van der Waals surface area contributed by atoms with Crippen molar-refractivity contribution in [1.29, 1.82) is 0 Å². The zero-order valence-corrected chi connectivity index (χ0v) is 11.5. The molecule has 0 bridgehead atoms. The number of hydrogen-bond acceptors (Lipinski definition) is 4. The summed E-state index contributed by atoms with van der Waals surface area (Å²) in [5.74, 6) is -0.705. The average Bonchev–Trinajstić information content (AvgIpc) is 2.83. The summed E-state index contributed by atoms with van der Waals surface area (Å²) in [5, 5.41) is 9.20. The number of carbonyl (C=O) groups is 2. The highest BCUT2D eigenvalue weighted by molar-refractivity contribution is 8.00. The van der Waals surface area contributed by atoms with E-state index in [1.165, 1.54) is 4.90 Å². The van der Waals surface area contributed by atoms with Crippen molar-refractivity contribution in [1.82, 2.24) is 9.88 Å². The largest absolute Gasteiger partial charge is 0.480 e. The van der Waals surface area contributed by atoms with Gasteiger partial charge < -0.3 is 10.0 Å². The third-order valence-electron chi connectivity index (χ3n) is 3.07. The highest BCUT2D eigenvalue weighted by Crippen LogP contribution is 2.33. The maximum absolute atomic E-state index is 12.5. The van der Waals surface area contributed by atoms with Crippen molar-refractivity contribution in [2.45, 2.75) is 31.2 Å². The lowest BCUT2D eigenvalue weighted by atomic mass is 10.1. The highest BCUT2D eigenvalue weighted by atomic mass is 32.2. The Bertz CT molecular complexity index is 466. The molecule has 1 aromatic heterocycles. The summed E-state index contributed by atoms with van der Waals surface area (Å²) in [5.41, 5.74) is 0.491. The van der Waals surface area contributed by atoms with Gasteiger partial charge in [-0.25, -0.2) is 4.79 Å². The molecule has 0 aromatic carbocycles. The van der Waals surface area contributed by atoms with Crippen LogP contribution in [0.2, 0.25) is 0 Å². The van der Waals surface area contributed by atoms with Crippen LogP contribution in [0.25, 0.3) is 0 Å². The minimum absolute atomic E-state index is 0.0493. The molecule has 6 heteroatoms. The first-order chi connectivity index (χ1) is 9.15. The van der Waals surface area contributed by atoms with Crippen LogP contribution in [0, 0.1) is 0 Å². The SMILES string of the molecule is CCCC1SCC(C(=O)O)N1C(=O)c1ccncc1. The molecule has 1 N–H and O–H groups in total. The molecule has 0 radical (unpaired) electrons. The number of carboxylic acids is 1. The summed E-state index contributed by atoms with van der Waals surface area (Å²) in [6, 6.07) is 2.50. The van der Waals surface area contributed by atoms with Crippen molar-refractivity contribution in [2.24, 2.45) is 0 Å². The quantitative estimate of drug-likeness (QED) is 0.911. The molecule has 5 nitrogen and oxygen atoms in total. The van der Waals surface area contributed by atoms with E-state index in [4.69, 9.17) is 0 Å². The number of rotatable bonds is 4. The summed E-state index contributed by atoms with van der Waals surface area (Å²) < 4.78 is 0. The minimum Gasteiger partial charge on any atom is -0.480 e. The Morgan fingerprint density at radius 3 is 2.74 bits per heavy atom. The molecule has 1 amide bonds. The molecule has 1 aromatic rings. The summed E-state index contributed by atoms with van der Waals surface area (Å²) in [7, 11) is 0. The molecule has 102 valence electrons. The van der Waals surface area contributed by atoms with Crippen molar-refractivity contribution in [3.63, 3.8) is 0 Å². The number of amides is 1. The number of hydrogen-bond donors (Lipinski definition) is 1. The van der Waals surface area contributed by atoms with Gasteiger partial charge in [-0.05, 0) is 18.6 Å². The third kappa shape index (κ3) is 2.89. The van der Waals surface area contributed by atoms with Crippen molar-refractivity contribution < 1.29 is 14.7 Å². The Morgan fingerprint density at radius 1 is 1.47 bits per heavy atom. The Kier molecular flexibility index (Phi) is 4.42. The summed E-state index contributed by atoms with van der Waals surface area (Å²) >= 11 is 1.54. The molecule has 1 fully saturated rings. The molecule has 0 spiro atoms. The Labute approximate surface area is 116 Å². The molecule has 0 aliphatic carbocycles. The van der Waals surface area contributed by atoms with Gasteiger partial charge in [-0.1, -0.05) is 13.3 Å². The normalized spacial score (nSPS) is 22.5. The molecule has 1 aliphatic heterocycles. The Hall–Kier alpha value is -1.56. The molecule has 19 heavy (non-hydrogen) atoms. The lowest BCUT2D eigenvalue weighted by Gasteiger charge is -2.27. The van der Waals surface area contributed by atoms with Gasteiger partial charge in [-0.2, -0.15) is 0 Å². The second-order valence-corrected chi connectivity index (χ2v) is 5.59. The van der Waals surface area contributed by atoms with E-state index in [-0.39, 0.29) is 11.3 Å². The molecular weight excluding hydrogens is 264 g/mol. The van der Waals surface area contributed by atoms with E-state index in [1.54, 1.807) is 36.3 Å². The van der Waals surface area contributed by atoms with Crippen LogP contribution in [0.4, 0.5) is 0 Å². The minimum atomic E-state index is -0.937. The molecule has 2 heterocycles. The molecule has 2 unspecified atom stereocenters. The fourth-order valence-corrected chi connectivity index (χ4v) is 3.65. The van der Waals surface area contributed by atoms with Gasteiger partial charge in [-0.3, -0.25) is 9.78 Å². The third-order valence-corrected chi connectivity index (χ3v) is 4.43. The summed E-state index contributed by atoms with van der Waals surface area (Å²) in [6.45, 7) is 2.03. The first-order valence-corrected chi connectivity index (χ1v) is 7.27. The van der Waals surface area contributed by atoms with Gasteiger partial charge in [0.25, 0.3) is 5.91 Å². The first-order valence-electron chi connectivity index (χ1n) is 6.22. The van der Waals surface area contributed by atoms with Gasteiger partial charge in [0.1, 0.15) is 6.04 Å². The van der Waals surface area contributed by atoms with E-state index >= 15 is 0 Å². The lowest BCUT2D eigenvalue weighted by molar-refractivity contribution is -0.141. The van der Waals surface area contributed by atoms with Crippen molar-refractivity contribution in [3.05, 3.63) is 30.1 Å². The smallest absolute Gasteiger partial charge is 0.327 e. The van der Waals surface area contributed by atoms with Crippen LogP contribution in [-0.2, 0) is 4.79 Å². The van der Waals surface area contributed by atoms with E-state index in [1.807, 2.05) is 6.92 Å². The van der Waals surface area contributed by atoms with Gasteiger partial charge in [-0.15, -0.1) is 11.8 Å². The number of carboxylic acid groups (broad SMARTS) is 1. The van der Waals surface area contributed by atoms with E-state index in [0.717, 1.165) is 12.8 Å². The molecule has 0 saturated carbocycles. The molecular formula is C13H16N2O3S. The zero-order chi connectivity index (χ0) is 13.8. The van der Waals surface area contributed by atoms with E-state index in [0.29, 0.717) is 11.3 Å². The number of carbonyl (C=O) groups excluding carboxylic acids is 1. The van der Waals surface area contributed by atoms with Gasteiger partial charge in [0, 0.05) is 23.7 Å². The fourth-order valence-electron chi connectivity index (χ4n) is 2.14. The first kappa shape index (κ1) is 13.9.